The molecule has 0 saturated heterocycles. The molecule has 0 radical (unpaired) electrons. The molecule has 0 unspecified atom stereocenters. The summed E-state index contributed by atoms with van der Waals surface area (Å²) in [6.07, 6.45) is 0. The molecule has 2 N–H and O–H groups in total. The van der Waals surface area contributed by atoms with Gasteiger partial charge in [0.2, 0.25) is 11.0 Å². The number of aryl methyl sites for hydroxylation is 1. The Hall–Kier alpha value is -4.04. The van der Waals surface area contributed by atoms with E-state index in [2.05, 4.69) is 15.5 Å². The molecule has 1 heterocycles. The second-order valence-electron chi connectivity index (χ2n) is 7.63. The second-order valence-corrected chi connectivity index (χ2v) is 8.02. The van der Waals surface area contributed by atoms with Crippen molar-refractivity contribution in [2.75, 3.05) is 11.9 Å². The van der Waals surface area contributed by atoms with Crippen LogP contribution >= 0.6 is 12.2 Å². The zero-order valence-corrected chi connectivity index (χ0v) is 19.7. The topological polar surface area (TPSA) is 88.2 Å². The van der Waals surface area contributed by atoms with Gasteiger partial charge in [-0.15, -0.1) is 10.2 Å². The standard InChI is InChI=1S/C26H24N4O3S/c1-3-33-25(32)18-12-14-20(15-13-18)27-26(34)29-28-23-21-10-6-7-11-22(21)30(24(23)31)16-19-9-5-4-8-17(19)2/h4-15,31H,3,16H2,1-2H3,(H,27,34). The smallest absolute Gasteiger partial charge is 0.338 e. The highest BCUT2D eigenvalue weighted by Gasteiger charge is 2.17. The Bertz CT molecular complexity index is 1380. The van der Waals surface area contributed by atoms with Gasteiger partial charge in [-0.3, -0.25) is 0 Å². The minimum Gasteiger partial charge on any atom is -0.493 e. The van der Waals surface area contributed by atoms with E-state index in [1.165, 1.54) is 0 Å². The van der Waals surface area contributed by atoms with Crippen molar-refractivity contribution < 1.29 is 14.6 Å². The van der Waals surface area contributed by atoms with Crippen LogP contribution in [0.25, 0.3) is 10.9 Å². The average molecular weight is 473 g/mol. The van der Waals surface area contributed by atoms with Crippen molar-refractivity contribution in [1.29, 1.82) is 0 Å². The molecule has 7 nitrogen and oxygen atoms in total. The van der Waals surface area contributed by atoms with Crippen LogP contribution in [-0.2, 0) is 11.3 Å². The molecule has 0 aliphatic carbocycles. The van der Waals surface area contributed by atoms with Crippen molar-refractivity contribution in [3.8, 4) is 5.88 Å². The van der Waals surface area contributed by atoms with Crippen LogP contribution < -0.4 is 5.32 Å². The van der Waals surface area contributed by atoms with Crippen molar-refractivity contribution in [2.24, 2.45) is 10.2 Å². The van der Waals surface area contributed by atoms with Crippen molar-refractivity contribution >= 4 is 45.6 Å². The Balaban J connectivity index is 1.55. The summed E-state index contributed by atoms with van der Waals surface area (Å²) in [4.78, 5) is 11.8. The average Bonchev–Trinajstić information content (AvgIpc) is 3.10. The number of para-hydroxylation sites is 1. The predicted octanol–water partition coefficient (Wildman–Crippen LogP) is 6.36. The molecule has 0 amide bonds. The van der Waals surface area contributed by atoms with Crippen LogP contribution in [0.2, 0.25) is 0 Å². The fourth-order valence-corrected chi connectivity index (χ4v) is 3.79. The van der Waals surface area contributed by atoms with Gasteiger partial charge in [0.05, 0.1) is 24.2 Å². The maximum Gasteiger partial charge on any atom is 0.338 e. The Morgan fingerprint density at radius 1 is 1.06 bits per heavy atom. The Morgan fingerprint density at radius 3 is 2.50 bits per heavy atom. The van der Waals surface area contributed by atoms with E-state index < -0.39 is 0 Å². The van der Waals surface area contributed by atoms with Gasteiger partial charge < -0.3 is 19.7 Å². The summed E-state index contributed by atoms with van der Waals surface area (Å²) in [6.45, 7) is 4.62. The molecule has 3 aromatic carbocycles. The number of carbonyl (C=O) groups excluding carboxylic acids is 1. The molecule has 4 rings (SSSR count). The number of nitrogens with one attached hydrogen (secondary N) is 1. The highest BCUT2D eigenvalue weighted by atomic mass is 32.1. The summed E-state index contributed by atoms with van der Waals surface area (Å²) in [5.41, 5.74) is 4.55. The van der Waals surface area contributed by atoms with Gasteiger partial charge in [0, 0.05) is 11.1 Å². The highest BCUT2D eigenvalue weighted by molar-refractivity contribution is 7.80. The number of aromatic hydroxyl groups is 1. The van der Waals surface area contributed by atoms with Crippen molar-refractivity contribution in [1.82, 2.24) is 4.57 Å². The molecule has 0 bridgehead atoms. The Morgan fingerprint density at radius 2 is 1.76 bits per heavy atom. The molecule has 172 valence electrons. The molecule has 1 aromatic heterocycles. The van der Waals surface area contributed by atoms with Crippen molar-refractivity contribution in [3.63, 3.8) is 0 Å². The van der Waals surface area contributed by atoms with Gasteiger partial charge in [0.25, 0.3) is 0 Å². The molecule has 0 fully saturated rings. The zero-order chi connectivity index (χ0) is 24.1. The zero-order valence-electron chi connectivity index (χ0n) is 18.9. The van der Waals surface area contributed by atoms with E-state index in [1.807, 2.05) is 60.0 Å². The van der Waals surface area contributed by atoms with E-state index in [0.29, 0.717) is 30.1 Å². The Labute approximate surface area is 202 Å². The van der Waals surface area contributed by atoms with Crippen LogP contribution in [0, 0.1) is 6.92 Å². The number of azo groups is 1. The summed E-state index contributed by atoms with van der Waals surface area (Å²) < 4.78 is 6.80. The number of thiocarbonyl (C=S) groups is 1. The van der Waals surface area contributed by atoms with E-state index >= 15 is 0 Å². The predicted molar refractivity (Wildman–Crippen MR) is 137 cm³/mol. The minimum atomic E-state index is -0.381. The van der Waals surface area contributed by atoms with Gasteiger partial charge in [0.1, 0.15) is 0 Å². The van der Waals surface area contributed by atoms with Crippen LogP contribution in [0.3, 0.4) is 0 Å². The molecule has 8 heteroatoms. The molecule has 4 aromatic rings. The number of aromatic nitrogens is 1. The largest absolute Gasteiger partial charge is 0.493 e. The molecule has 34 heavy (non-hydrogen) atoms. The van der Waals surface area contributed by atoms with Crippen molar-refractivity contribution in [2.45, 2.75) is 20.4 Å². The molecule has 0 aliphatic heterocycles. The maximum absolute atomic E-state index is 11.8. The van der Waals surface area contributed by atoms with Crippen LogP contribution in [0.15, 0.2) is 83.0 Å². The lowest BCUT2D eigenvalue weighted by molar-refractivity contribution is 0.0526. The lowest BCUT2D eigenvalue weighted by atomic mass is 10.1. The minimum absolute atomic E-state index is 0.0230. The number of hydrogen-bond acceptors (Lipinski definition) is 5. The molecule has 0 saturated carbocycles. The fourth-order valence-electron chi connectivity index (χ4n) is 3.64. The SMILES string of the molecule is CCOC(=O)c1ccc(NC(=S)N=Nc2c(O)n(Cc3ccccc3C)c3ccccc23)cc1. The van der Waals surface area contributed by atoms with Gasteiger partial charge in [-0.25, -0.2) is 4.79 Å². The molecular weight excluding hydrogens is 448 g/mol. The molecule has 0 atom stereocenters. The number of fused-ring (bicyclic) bond motifs is 1. The first-order valence-electron chi connectivity index (χ1n) is 10.8. The van der Waals surface area contributed by atoms with E-state index in [0.717, 1.165) is 22.0 Å². The summed E-state index contributed by atoms with van der Waals surface area (Å²) in [6, 6.07) is 22.4. The number of esters is 1. The number of rotatable bonds is 6. The fraction of sp³-hybridized carbons (Fsp3) is 0.154. The molecule has 0 spiro atoms. The first-order valence-corrected chi connectivity index (χ1v) is 11.2. The second kappa shape index (κ2) is 10.3. The van der Waals surface area contributed by atoms with Crippen LogP contribution in [0.1, 0.15) is 28.4 Å². The van der Waals surface area contributed by atoms with Crippen LogP contribution in [0.5, 0.6) is 5.88 Å². The number of benzene rings is 3. The summed E-state index contributed by atoms with van der Waals surface area (Å²) in [5, 5.41) is 23.2. The highest BCUT2D eigenvalue weighted by Crippen LogP contribution is 2.39. The maximum atomic E-state index is 11.8. The first-order chi connectivity index (χ1) is 16.5. The number of anilines is 1. The van der Waals surface area contributed by atoms with Crippen LogP contribution in [0.4, 0.5) is 11.4 Å². The lowest BCUT2D eigenvalue weighted by Gasteiger charge is -2.09. The number of nitrogens with zero attached hydrogens (tertiary/aromatic N) is 3. The molecule has 0 aliphatic rings. The number of ether oxygens (including phenoxy) is 1. The quantitative estimate of drug-likeness (QED) is 0.194. The molecular formula is C26H24N4O3S. The number of carbonyl (C=O) groups is 1. The van der Waals surface area contributed by atoms with Gasteiger partial charge in [-0.2, -0.15) is 0 Å². The van der Waals surface area contributed by atoms with Gasteiger partial charge in [-0.1, -0.05) is 42.5 Å². The van der Waals surface area contributed by atoms with Gasteiger partial charge in [0.15, 0.2) is 5.69 Å². The summed E-state index contributed by atoms with van der Waals surface area (Å²) in [7, 11) is 0. The summed E-state index contributed by atoms with van der Waals surface area (Å²) in [5.74, 6) is -0.358. The lowest BCUT2D eigenvalue weighted by Crippen LogP contribution is -2.07. The third-order valence-electron chi connectivity index (χ3n) is 5.40. The number of hydrogen-bond donors (Lipinski definition) is 2. The Kier molecular flexibility index (Phi) is 6.98. The van der Waals surface area contributed by atoms with E-state index in [1.54, 1.807) is 31.2 Å². The van der Waals surface area contributed by atoms with E-state index in [4.69, 9.17) is 17.0 Å². The van der Waals surface area contributed by atoms with Gasteiger partial charge >= 0.3 is 5.97 Å². The van der Waals surface area contributed by atoms with Crippen molar-refractivity contribution in [3.05, 3.63) is 89.5 Å². The van der Waals surface area contributed by atoms with Crippen LogP contribution in [-0.4, -0.2) is 27.4 Å². The normalized spacial score (nSPS) is 11.1. The van der Waals surface area contributed by atoms with E-state index in [9.17, 15) is 9.90 Å². The van der Waals surface area contributed by atoms with Gasteiger partial charge in [-0.05, 0) is 67.5 Å². The third kappa shape index (κ3) is 4.97. The third-order valence-corrected chi connectivity index (χ3v) is 5.58. The monoisotopic (exact) mass is 472 g/mol. The van der Waals surface area contributed by atoms with E-state index in [-0.39, 0.29) is 17.0 Å². The summed E-state index contributed by atoms with van der Waals surface area (Å²) >= 11 is 5.30. The first kappa shape index (κ1) is 23.1.